The van der Waals surface area contributed by atoms with E-state index in [4.69, 9.17) is 0 Å². The molecule has 1 aliphatic carbocycles. The first-order chi connectivity index (χ1) is 5.38. The number of hydrogen-bond acceptors (Lipinski definition) is 0. The van der Waals surface area contributed by atoms with Crippen LogP contribution in [0.1, 0.15) is 19.8 Å². The van der Waals surface area contributed by atoms with E-state index >= 15 is 0 Å². The smallest absolute Gasteiger partial charge is 0.0238 e. The number of allylic oxidation sites excluding steroid dienone is 7. The molecule has 0 spiro atoms. The van der Waals surface area contributed by atoms with Crippen molar-refractivity contribution in [1.29, 1.82) is 0 Å². The zero-order valence-corrected chi connectivity index (χ0v) is 7.01. The van der Waals surface area contributed by atoms with Gasteiger partial charge in [0.2, 0.25) is 0 Å². The van der Waals surface area contributed by atoms with Crippen LogP contribution in [0.2, 0.25) is 0 Å². The number of rotatable bonds is 1. The van der Waals surface area contributed by atoms with Gasteiger partial charge in [-0.3, -0.25) is 0 Å². The Hall–Kier alpha value is -1.04. The fourth-order valence-corrected chi connectivity index (χ4v) is 1.30. The van der Waals surface area contributed by atoms with Crippen molar-refractivity contribution in [3.05, 3.63) is 48.1 Å². The van der Waals surface area contributed by atoms with Crippen LogP contribution in [0, 0.1) is 0 Å². The van der Waals surface area contributed by atoms with Crippen molar-refractivity contribution in [2.75, 3.05) is 0 Å². The molecule has 0 aromatic heterocycles. The molecule has 0 heteroatoms. The van der Waals surface area contributed by atoms with E-state index in [0.29, 0.717) is 0 Å². The summed E-state index contributed by atoms with van der Waals surface area (Å²) in [4.78, 5) is 0. The highest BCUT2D eigenvalue weighted by Crippen LogP contribution is 2.22. The highest BCUT2D eigenvalue weighted by Gasteiger charge is 2.03. The summed E-state index contributed by atoms with van der Waals surface area (Å²) in [6.45, 7) is 5.77. The quantitative estimate of drug-likeness (QED) is 0.532. The molecule has 0 saturated heterocycles. The molecule has 0 atom stereocenters. The molecule has 0 saturated carbocycles. The largest absolute Gasteiger partial charge is 0.0991 e. The average molecular weight is 146 g/mol. The fourth-order valence-electron chi connectivity index (χ4n) is 1.30. The van der Waals surface area contributed by atoms with Crippen LogP contribution in [0.4, 0.5) is 0 Å². The van der Waals surface area contributed by atoms with Gasteiger partial charge in [0.15, 0.2) is 0 Å². The van der Waals surface area contributed by atoms with Crippen molar-refractivity contribution in [2.45, 2.75) is 19.8 Å². The Labute approximate surface area is 68.6 Å². The SMILES string of the molecule is C=C/C=C1/CCC=C/C1=C/C. The molecule has 0 unspecified atom stereocenters. The third-order valence-corrected chi connectivity index (χ3v) is 1.88. The highest BCUT2D eigenvalue weighted by atomic mass is 14.1. The highest BCUT2D eigenvalue weighted by molar-refractivity contribution is 5.43. The average Bonchev–Trinajstić information content (AvgIpc) is 2.06. The summed E-state index contributed by atoms with van der Waals surface area (Å²) < 4.78 is 0. The molecule has 58 valence electrons. The van der Waals surface area contributed by atoms with Crippen molar-refractivity contribution in [3.8, 4) is 0 Å². The van der Waals surface area contributed by atoms with Crippen molar-refractivity contribution >= 4 is 0 Å². The first kappa shape index (κ1) is 8.06. The lowest BCUT2D eigenvalue weighted by molar-refractivity contribution is 0.967. The van der Waals surface area contributed by atoms with Gasteiger partial charge in [-0.05, 0) is 30.9 Å². The second-order valence-electron chi connectivity index (χ2n) is 2.61. The van der Waals surface area contributed by atoms with Crippen LogP contribution >= 0.6 is 0 Å². The second kappa shape index (κ2) is 3.97. The minimum Gasteiger partial charge on any atom is -0.0991 e. The van der Waals surface area contributed by atoms with Crippen molar-refractivity contribution in [2.24, 2.45) is 0 Å². The van der Waals surface area contributed by atoms with Gasteiger partial charge in [0.25, 0.3) is 0 Å². The van der Waals surface area contributed by atoms with E-state index in [9.17, 15) is 0 Å². The summed E-state index contributed by atoms with van der Waals surface area (Å²) in [7, 11) is 0. The second-order valence-corrected chi connectivity index (χ2v) is 2.61. The maximum absolute atomic E-state index is 3.70. The molecule has 1 rings (SSSR count). The molecular weight excluding hydrogens is 132 g/mol. The molecule has 0 radical (unpaired) electrons. The van der Waals surface area contributed by atoms with Crippen LogP contribution in [-0.4, -0.2) is 0 Å². The lowest BCUT2D eigenvalue weighted by atomic mass is 9.95. The van der Waals surface area contributed by atoms with E-state index in [1.165, 1.54) is 11.1 Å². The Morgan fingerprint density at radius 1 is 1.55 bits per heavy atom. The monoisotopic (exact) mass is 146 g/mol. The third-order valence-electron chi connectivity index (χ3n) is 1.88. The van der Waals surface area contributed by atoms with Crippen molar-refractivity contribution < 1.29 is 0 Å². The molecule has 0 nitrogen and oxygen atoms in total. The molecular formula is C11H14. The first-order valence-corrected chi connectivity index (χ1v) is 4.03. The minimum absolute atomic E-state index is 1.15. The van der Waals surface area contributed by atoms with E-state index in [1.807, 2.05) is 6.08 Å². The summed E-state index contributed by atoms with van der Waals surface area (Å²) in [5, 5.41) is 0. The standard InChI is InChI=1S/C11H14/c1-3-7-11-9-6-5-8-10(11)4-2/h3-5,7-8H,1,6,9H2,2H3/b10-4-,11-7-. The fraction of sp³-hybridized carbons (Fsp3) is 0.273. The van der Waals surface area contributed by atoms with Crippen LogP contribution in [0.3, 0.4) is 0 Å². The molecule has 0 N–H and O–H groups in total. The van der Waals surface area contributed by atoms with E-state index in [-0.39, 0.29) is 0 Å². The maximum atomic E-state index is 3.70. The minimum atomic E-state index is 1.15. The predicted molar refractivity (Wildman–Crippen MR) is 50.4 cm³/mol. The zero-order chi connectivity index (χ0) is 8.10. The normalized spacial score (nSPS) is 24.5. The molecule has 0 aromatic rings. The van der Waals surface area contributed by atoms with E-state index in [2.05, 4.69) is 37.8 Å². The molecule has 0 amide bonds. The van der Waals surface area contributed by atoms with Crippen LogP contribution in [-0.2, 0) is 0 Å². The Kier molecular flexibility index (Phi) is 2.91. The van der Waals surface area contributed by atoms with Gasteiger partial charge in [-0.2, -0.15) is 0 Å². The van der Waals surface area contributed by atoms with Gasteiger partial charge in [-0.15, -0.1) is 0 Å². The Bertz CT molecular complexity index is 226. The van der Waals surface area contributed by atoms with Crippen LogP contribution < -0.4 is 0 Å². The lowest BCUT2D eigenvalue weighted by Gasteiger charge is -2.10. The van der Waals surface area contributed by atoms with E-state index < -0.39 is 0 Å². The first-order valence-electron chi connectivity index (χ1n) is 4.03. The summed E-state index contributed by atoms with van der Waals surface area (Å²) in [6.07, 6.45) is 12.8. The molecule has 0 aliphatic heterocycles. The van der Waals surface area contributed by atoms with E-state index in [1.54, 1.807) is 0 Å². The summed E-state index contributed by atoms with van der Waals surface area (Å²) in [6, 6.07) is 0. The molecule has 1 aliphatic rings. The van der Waals surface area contributed by atoms with Crippen molar-refractivity contribution in [1.82, 2.24) is 0 Å². The molecule has 0 fully saturated rings. The predicted octanol–water partition coefficient (Wildman–Crippen LogP) is 3.40. The van der Waals surface area contributed by atoms with E-state index in [0.717, 1.165) is 12.8 Å². The molecule has 0 heterocycles. The van der Waals surface area contributed by atoms with Crippen molar-refractivity contribution in [3.63, 3.8) is 0 Å². The van der Waals surface area contributed by atoms with Gasteiger partial charge in [0.1, 0.15) is 0 Å². The van der Waals surface area contributed by atoms with Gasteiger partial charge in [0.05, 0.1) is 0 Å². The Balaban J connectivity index is 2.88. The van der Waals surface area contributed by atoms with Crippen LogP contribution in [0.5, 0.6) is 0 Å². The van der Waals surface area contributed by atoms with Gasteiger partial charge in [-0.1, -0.05) is 37.0 Å². The van der Waals surface area contributed by atoms with Crippen LogP contribution in [0.15, 0.2) is 48.1 Å². The van der Waals surface area contributed by atoms with Gasteiger partial charge in [0, 0.05) is 0 Å². The Morgan fingerprint density at radius 3 is 3.00 bits per heavy atom. The molecule has 11 heavy (non-hydrogen) atoms. The van der Waals surface area contributed by atoms with Gasteiger partial charge >= 0.3 is 0 Å². The summed E-state index contributed by atoms with van der Waals surface area (Å²) in [5.41, 5.74) is 2.75. The summed E-state index contributed by atoms with van der Waals surface area (Å²) in [5.74, 6) is 0. The zero-order valence-electron chi connectivity index (χ0n) is 7.01. The lowest BCUT2D eigenvalue weighted by Crippen LogP contribution is -1.91. The number of hydrogen-bond donors (Lipinski definition) is 0. The van der Waals surface area contributed by atoms with Gasteiger partial charge in [-0.25, -0.2) is 0 Å². The van der Waals surface area contributed by atoms with Crippen LogP contribution in [0.25, 0.3) is 0 Å². The Morgan fingerprint density at radius 2 is 2.36 bits per heavy atom. The molecule has 0 aromatic carbocycles. The summed E-state index contributed by atoms with van der Waals surface area (Å²) >= 11 is 0. The van der Waals surface area contributed by atoms with Gasteiger partial charge < -0.3 is 0 Å². The topological polar surface area (TPSA) is 0 Å². The molecule has 0 bridgehead atoms. The maximum Gasteiger partial charge on any atom is -0.0238 e. The third kappa shape index (κ3) is 1.94.